The van der Waals surface area contributed by atoms with Gasteiger partial charge in [0.2, 0.25) is 0 Å². The van der Waals surface area contributed by atoms with Crippen molar-refractivity contribution in [2.45, 2.75) is 38.3 Å². The number of nitrogens with one attached hydrogen (secondary N) is 1. The molecule has 0 amide bonds. The molecular formula is C16H24N2O. The number of Topliss-reactive ketones (excluding diaryl/α,β-unsaturated/α-hetero) is 1. The zero-order valence-electron chi connectivity index (χ0n) is 11.9. The van der Waals surface area contributed by atoms with E-state index < -0.39 is 0 Å². The molecule has 19 heavy (non-hydrogen) atoms. The lowest BCUT2D eigenvalue weighted by Gasteiger charge is -2.36. The van der Waals surface area contributed by atoms with E-state index in [0.717, 1.165) is 37.9 Å². The highest BCUT2D eigenvalue weighted by atomic mass is 16.1. The first-order valence-corrected chi connectivity index (χ1v) is 7.26. The Labute approximate surface area is 116 Å². The molecular weight excluding hydrogens is 236 g/mol. The summed E-state index contributed by atoms with van der Waals surface area (Å²) in [5, 5.41) is 3.38. The monoisotopic (exact) mass is 260 g/mol. The van der Waals surface area contributed by atoms with Crippen molar-refractivity contribution in [2.75, 3.05) is 20.1 Å². The van der Waals surface area contributed by atoms with E-state index in [1.54, 1.807) is 0 Å². The predicted molar refractivity (Wildman–Crippen MR) is 78.5 cm³/mol. The maximum Gasteiger partial charge on any atom is 0.179 e. The maximum atomic E-state index is 12.6. The van der Waals surface area contributed by atoms with E-state index in [0.29, 0.717) is 6.04 Å². The SMILES string of the molecule is CCC(C(=O)c1ccccc1)N(C)C1CCNCC1. The van der Waals surface area contributed by atoms with Crippen molar-refractivity contribution in [3.05, 3.63) is 35.9 Å². The fraction of sp³-hybridized carbons (Fsp3) is 0.562. The molecule has 0 aliphatic carbocycles. The third-order valence-electron chi connectivity index (χ3n) is 4.12. The largest absolute Gasteiger partial charge is 0.317 e. The lowest BCUT2D eigenvalue weighted by Crippen LogP contribution is -2.48. The van der Waals surface area contributed by atoms with Gasteiger partial charge in [0.25, 0.3) is 0 Å². The number of likely N-dealkylation sites (N-methyl/N-ethyl adjacent to an activating group) is 1. The lowest BCUT2D eigenvalue weighted by molar-refractivity contribution is 0.0750. The van der Waals surface area contributed by atoms with Crippen LogP contribution in [0.3, 0.4) is 0 Å². The van der Waals surface area contributed by atoms with Gasteiger partial charge in [-0.2, -0.15) is 0 Å². The molecule has 1 saturated heterocycles. The van der Waals surface area contributed by atoms with Crippen LogP contribution in [0.15, 0.2) is 30.3 Å². The van der Waals surface area contributed by atoms with Crippen LogP contribution in [0.4, 0.5) is 0 Å². The topological polar surface area (TPSA) is 32.3 Å². The van der Waals surface area contributed by atoms with Crippen LogP contribution in [-0.4, -0.2) is 42.9 Å². The summed E-state index contributed by atoms with van der Waals surface area (Å²) in [7, 11) is 2.10. The molecule has 1 fully saturated rings. The highest BCUT2D eigenvalue weighted by Gasteiger charge is 2.28. The zero-order valence-corrected chi connectivity index (χ0v) is 11.9. The van der Waals surface area contributed by atoms with Crippen LogP contribution in [0.2, 0.25) is 0 Å². The van der Waals surface area contributed by atoms with Crippen LogP contribution in [0.5, 0.6) is 0 Å². The van der Waals surface area contributed by atoms with Gasteiger partial charge in [-0.25, -0.2) is 0 Å². The van der Waals surface area contributed by atoms with Gasteiger partial charge in [-0.3, -0.25) is 9.69 Å². The van der Waals surface area contributed by atoms with Crippen molar-refractivity contribution < 1.29 is 4.79 Å². The van der Waals surface area contributed by atoms with Crippen LogP contribution < -0.4 is 5.32 Å². The zero-order chi connectivity index (χ0) is 13.7. The van der Waals surface area contributed by atoms with Crippen molar-refractivity contribution in [3.63, 3.8) is 0 Å². The Hall–Kier alpha value is -1.19. The first kappa shape index (κ1) is 14.2. The fourth-order valence-corrected chi connectivity index (χ4v) is 2.92. The number of carbonyl (C=O) groups is 1. The van der Waals surface area contributed by atoms with Gasteiger partial charge < -0.3 is 5.32 Å². The Bertz CT molecular complexity index is 398. The summed E-state index contributed by atoms with van der Waals surface area (Å²) >= 11 is 0. The van der Waals surface area contributed by atoms with Gasteiger partial charge in [-0.05, 0) is 39.4 Å². The number of carbonyl (C=O) groups excluding carboxylic acids is 1. The van der Waals surface area contributed by atoms with Gasteiger partial charge in [0.05, 0.1) is 6.04 Å². The highest BCUT2D eigenvalue weighted by molar-refractivity contribution is 6.00. The molecule has 0 aromatic heterocycles. The van der Waals surface area contributed by atoms with Crippen LogP contribution >= 0.6 is 0 Å². The van der Waals surface area contributed by atoms with E-state index in [2.05, 4.69) is 24.2 Å². The summed E-state index contributed by atoms with van der Waals surface area (Å²) in [5.74, 6) is 0.254. The molecule has 2 rings (SSSR count). The molecule has 0 saturated carbocycles. The van der Waals surface area contributed by atoms with Crippen molar-refractivity contribution in [3.8, 4) is 0 Å². The Kier molecular flexibility index (Phi) is 5.11. The Balaban J connectivity index is 2.08. The number of benzene rings is 1. The number of piperidine rings is 1. The summed E-state index contributed by atoms with van der Waals surface area (Å²) in [4.78, 5) is 14.9. The lowest BCUT2D eigenvalue weighted by atomic mass is 9.97. The number of hydrogen-bond donors (Lipinski definition) is 1. The first-order chi connectivity index (χ1) is 9.24. The maximum absolute atomic E-state index is 12.6. The Morgan fingerprint density at radius 3 is 2.53 bits per heavy atom. The minimum absolute atomic E-state index is 0.00509. The van der Waals surface area contributed by atoms with Crippen LogP contribution in [0.25, 0.3) is 0 Å². The van der Waals surface area contributed by atoms with Crippen molar-refractivity contribution in [2.24, 2.45) is 0 Å². The molecule has 104 valence electrons. The molecule has 3 nitrogen and oxygen atoms in total. The third-order valence-corrected chi connectivity index (χ3v) is 4.12. The minimum Gasteiger partial charge on any atom is -0.317 e. The van der Waals surface area contributed by atoms with Gasteiger partial charge >= 0.3 is 0 Å². The molecule has 1 aliphatic rings. The third kappa shape index (κ3) is 3.43. The normalized spacial score (nSPS) is 18.5. The van der Waals surface area contributed by atoms with E-state index in [9.17, 15) is 4.79 Å². The molecule has 1 heterocycles. The molecule has 3 heteroatoms. The summed E-state index contributed by atoms with van der Waals surface area (Å²) in [6, 6.07) is 10.2. The van der Waals surface area contributed by atoms with E-state index in [1.165, 1.54) is 0 Å². The smallest absolute Gasteiger partial charge is 0.179 e. The van der Waals surface area contributed by atoms with Crippen LogP contribution in [0.1, 0.15) is 36.5 Å². The average Bonchev–Trinajstić information content (AvgIpc) is 2.49. The van der Waals surface area contributed by atoms with Gasteiger partial charge in [-0.15, -0.1) is 0 Å². The molecule has 1 aliphatic heterocycles. The molecule has 0 radical (unpaired) electrons. The summed E-state index contributed by atoms with van der Waals surface area (Å²) < 4.78 is 0. The first-order valence-electron chi connectivity index (χ1n) is 7.26. The second-order valence-corrected chi connectivity index (χ2v) is 5.30. The van der Waals surface area contributed by atoms with Gasteiger partial charge in [0.1, 0.15) is 0 Å². The number of rotatable bonds is 5. The summed E-state index contributed by atoms with van der Waals surface area (Å²) in [6.45, 7) is 4.22. The second kappa shape index (κ2) is 6.83. The molecule has 1 N–H and O–H groups in total. The summed E-state index contributed by atoms with van der Waals surface area (Å²) in [6.07, 6.45) is 3.14. The second-order valence-electron chi connectivity index (χ2n) is 5.30. The number of nitrogens with zero attached hydrogens (tertiary/aromatic N) is 1. The molecule has 1 atom stereocenters. The van der Waals surface area contributed by atoms with Gasteiger partial charge in [0.15, 0.2) is 5.78 Å². The molecule has 1 aromatic rings. The van der Waals surface area contributed by atoms with Crippen LogP contribution in [0, 0.1) is 0 Å². The van der Waals surface area contributed by atoms with E-state index in [4.69, 9.17) is 0 Å². The van der Waals surface area contributed by atoms with Crippen molar-refractivity contribution >= 4 is 5.78 Å². The molecule has 0 bridgehead atoms. The fourth-order valence-electron chi connectivity index (χ4n) is 2.92. The molecule has 1 aromatic carbocycles. The molecule has 1 unspecified atom stereocenters. The quantitative estimate of drug-likeness (QED) is 0.825. The van der Waals surface area contributed by atoms with Gasteiger partial charge in [0, 0.05) is 11.6 Å². The standard InChI is InChI=1S/C16H24N2O/c1-3-15(16(19)13-7-5-4-6-8-13)18(2)14-9-11-17-12-10-14/h4-8,14-15,17H,3,9-12H2,1-2H3. The van der Waals surface area contributed by atoms with E-state index in [1.807, 2.05) is 30.3 Å². The Morgan fingerprint density at radius 1 is 1.32 bits per heavy atom. The van der Waals surface area contributed by atoms with Gasteiger partial charge in [-0.1, -0.05) is 37.3 Å². The van der Waals surface area contributed by atoms with E-state index >= 15 is 0 Å². The van der Waals surface area contributed by atoms with Crippen molar-refractivity contribution in [1.82, 2.24) is 10.2 Å². The predicted octanol–water partition coefficient (Wildman–Crippen LogP) is 2.33. The van der Waals surface area contributed by atoms with Crippen molar-refractivity contribution in [1.29, 1.82) is 0 Å². The summed E-state index contributed by atoms with van der Waals surface area (Å²) in [5.41, 5.74) is 0.829. The van der Waals surface area contributed by atoms with Crippen LogP contribution in [-0.2, 0) is 0 Å². The highest BCUT2D eigenvalue weighted by Crippen LogP contribution is 2.18. The average molecular weight is 260 g/mol. The number of hydrogen-bond acceptors (Lipinski definition) is 3. The molecule has 0 spiro atoms. The number of ketones is 1. The van der Waals surface area contributed by atoms with E-state index in [-0.39, 0.29) is 11.8 Å². The Morgan fingerprint density at radius 2 is 1.95 bits per heavy atom. The minimum atomic E-state index is 0.00509.